The van der Waals surface area contributed by atoms with E-state index in [0.29, 0.717) is 28.5 Å². The summed E-state index contributed by atoms with van der Waals surface area (Å²) < 4.78 is 28.7. The largest absolute Gasteiger partial charge is 0.459 e. The van der Waals surface area contributed by atoms with E-state index in [1.54, 1.807) is 39.8 Å². The summed E-state index contributed by atoms with van der Waals surface area (Å²) in [5.41, 5.74) is 1.83. The highest BCUT2D eigenvalue weighted by Gasteiger charge is 2.49. The summed E-state index contributed by atoms with van der Waals surface area (Å²) in [6, 6.07) is 10.7. The molecule has 26 heteroatoms. The summed E-state index contributed by atoms with van der Waals surface area (Å²) in [6.07, 6.45) is -7.58. The van der Waals surface area contributed by atoms with E-state index in [1.807, 2.05) is 64.1 Å². The van der Waals surface area contributed by atoms with Gasteiger partial charge < -0.3 is 65.1 Å². The zero-order valence-corrected chi connectivity index (χ0v) is 54.5. The van der Waals surface area contributed by atoms with Crippen LogP contribution in [-0.2, 0) is 94.1 Å². The minimum Gasteiger partial charge on any atom is -0.459 e. The van der Waals surface area contributed by atoms with E-state index in [9.17, 15) is 68.1 Å². The van der Waals surface area contributed by atoms with Gasteiger partial charge in [0.2, 0.25) is 17.7 Å². The van der Waals surface area contributed by atoms with Gasteiger partial charge in [-0.25, -0.2) is 9.59 Å². The molecule has 2 aromatic rings. The molecule has 6 amide bonds. The fraction of sp³-hybridized carbons (Fsp3) is 0.621. The lowest BCUT2D eigenvalue weighted by Crippen LogP contribution is -2.61. The van der Waals surface area contributed by atoms with Crippen LogP contribution < -0.4 is 21.3 Å². The van der Waals surface area contributed by atoms with Crippen LogP contribution in [0, 0.1) is 36.0 Å². The molecular weight excluding hydrogens is 1220 g/mol. The van der Waals surface area contributed by atoms with Crippen LogP contribution in [0.5, 0.6) is 0 Å². The van der Waals surface area contributed by atoms with Crippen molar-refractivity contribution in [2.24, 2.45) is 29.1 Å². The first kappa shape index (κ1) is 74.0. The van der Waals surface area contributed by atoms with Gasteiger partial charge in [-0.05, 0) is 99.1 Å². The first-order valence-electron chi connectivity index (χ1n) is 31.6. The number of hydrogen-bond donors (Lipinski definition) is 7. The smallest absolute Gasteiger partial charge is 0.347 e. The number of imide groups is 1. The number of nitrogens with zero attached hydrogens (tertiary/aromatic N) is 1. The van der Waals surface area contributed by atoms with Crippen molar-refractivity contribution in [3.8, 4) is 0 Å². The average Bonchev–Trinajstić information content (AvgIpc) is 1.64. The molecule has 4 aliphatic heterocycles. The number of carbonyl (C=O) groups excluding carboxylic acids is 11. The number of cyclic esters (lactones) is 2. The maximum absolute atomic E-state index is 14.3. The molecular formula is C66H90ClN5O20. The molecule has 2 aromatic carbocycles. The lowest BCUT2D eigenvalue weighted by atomic mass is 9.85. The van der Waals surface area contributed by atoms with E-state index in [0.717, 1.165) is 16.7 Å². The van der Waals surface area contributed by atoms with Crippen LogP contribution in [0.15, 0.2) is 54.6 Å². The van der Waals surface area contributed by atoms with Crippen LogP contribution in [0.4, 0.5) is 0 Å². The maximum atomic E-state index is 14.3. The van der Waals surface area contributed by atoms with Crippen LogP contribution in [0.2, 0.25) is 5.02 Å². The molecule has 6 rings (SSSR count). The standard InChI is InChI=1S/C66H90ClN5O20/c1-35(2)30-48-63(85)88-47(15-12-16-49(75)70-44(32-40-20-19-37(5)43(67)31-40)61(83)69-34-66(7,8)65(86)89-48)38(6)58-59(90-58)41-24-21-39(22-25-41)23-26-45(73)42(14-10-11-29-68-62(84)60-56(81)55(80)57(82)64(87-9)91-60)33-46(74)54(36(3)4)71-50(76)17-13-18-53(79)92-72-51(77)27-28-52(72)78/h12,16,19-22,24-25,31,35-36,38,42,44,47-48,54-60,64,80-82H,10-11,13-15,17-18,23,26-30,32-34H2,1-9H3,(H,68,84)(H,69,83)(H,70,75)(H,71,76)/b16-12+/t38-,42+,44+,47-,48-,54-,55-,56-,57+,58+,59+,60-,64+/m0/s1. The van der Waals surface area contributed by atoms with Crippen molar-refractivity contribution < 1.29 is 96.6 Å². The van der Waals surface area contributed by atoms with Crippen LogP contribution in [-0.4, -0.2) is 167 Å². The van der Waals surface area contributed by atoms with Crippen molar-refractivity contribution in [1.29, 1.82) is 0 Å². The van der Waals surface area contributed by atoms with Gasteiger partial charge in [-0.3, -0.25) is 43.2 Å². The molecule has 0 aromatic heterocycles. The molecule has 4 heterocycles. The van der Waals surface area contributed by atoms with Crippen LogP contribution in [0.25, 0.3) is 0 Å². The third-order valence-corrected chi connectivity index (χ3v) is 17.2. The molecule has 3 saturated heterocycles. The maximum Gasteiger partial charge on any atom is 0.347 e. The van der Waals surface area contributed by atoms with Gasteiger partial charge in [0.15, 0.2) is 24.3 Å². The van der Waals surface area contributed by atoms with E-state index in [2.05, 4.69) is 21.3 Å². The monoisotopic (exact) mass is 1310 g/mol. The van der Waals surface area contributed by atoms with Crippen molar-refractivity contribution in [2.45, 2.75) is 212 Å². The average molecular weight is 1310 g/mol. The fourth-order valence-electron chi connectivity index (χ4n) is 11.0. The minimum atomic E-state index is -1.75. The number of amides is 6. The lowest BCUT2D eigenvalue weighted by molar-refractivity contribution is -0.283. The number of Topliss-reactive ketones (excluding diaryl/α,β-unsaturated/α-hetero) is 2. The summed E-state index contributed by atoms with van der Waals surface area (Å²) in [5, 5.41) is 42.7. The van der Waals surface area contributed by atoms with Crippen molar-refractivity contribution in [2.75, 3.05) is 20.2 Å². The number of aryl methyl sites for hydroxylation is 2. The zero-order valence-electron chi connectivity index (χ0n) is 53.8. The Morgan fingerprint density at radius 2 is 1.51 bits per heavy atom. The number of hydrogen-bond acceptors (Lipinski definition) is 20. The number of nitrogens with one attached hydrogen (secondary N) is 4. The third kappa shape index (κ3) is 21.3. The molecule has 13 atom stereocenters. The SMILES string of the molecule is CO[C@@H]1O[C@H](C(=O)NCCCC[C@H](CC(=O)[C@@H](NC(=O)CCCC(=O)ON2C(=O)CCC2=O)C(C)C)C(=O)CCc2ccc([C@H]3O[C@@H]3[C@@H](C)[C@@H]3C/C=C/C(=O)N[C@H](Cc4ccc(C)c(Cl)c4)C(=O)NCC(C)(C)C(=O)O[C@@H](CC(C)C)C(=O)O3)cc2)[C@@H](O)[C@H](O)[C@H]1O. The number of ether oxygens (including phenoxy) is 5. The number of methoxy groups -OCH3 is 1. The summed E-state index contributed by atoms with van der Waals surface area (Å²) in [5.74, 6) is -8.51. The Morgan fingerprint density at radius 3 is 2.16 bits per heavy atom. The Kier molecular flexibility index (Phi) is 27.6. The highest BCUT2D eigenvalue weighted by Crippen LogP contribution is 2.45. The zero-order chi connectivity index (χ0) is 67.7. The molecule has 506 valence electrons. The number of benzene rings is 2. The van der Waals surface area contributed by atoms with E-state index in [1.165, 1.54) is 13.2 Å². The minimum absolute atomic E-state index is 0.0109. The van der Waals surface area contributed by atoms with Crippen LogP contribution >= 0.6 is 11.6 Å². The molecule has 0 unspecified atom stereocenters. The lowest BCUT2D eigenvalue weighted by Gasteiger charge is -2.38. The van der Waals surface area contributed by atoms with Gasteiger partial charge in [0.05, 0.1) is 17.6 Å². The molecule has 0 saturated carbocycles. The number of esters is 2. The Balaban J connectivity index is 1.11. The number of aliphatic hydroxyl groups excluding tert-OH is 3. The molecule has 0 radical (unpaired) electrons. The van der Waals surface area contributed by atoms with E-state index >= 15 is 0 Å². The Bertz CT molecular complexity index is 2990. The number of rotatable bonds is 28. The van der Waals surface area contributed by atoms with Crippen molar-refractivity contribution in [3.05, 3.63) is 81.9 Å². The van der Waals surface area contributed by atoms with Gasteiger partial charge in [0.1, 0.15) is 42.3 Å². The van der Waals surface area contributed by atoms with E-state index in [-0.39, 0.29) is 102 Å². The number of epoxide rings is 1. The summed E-state index contributed by atoms with van der Waals surface area (Å²) in [4.78, 5) is 151. The predicted octanol–water partition coefficient (Wildman–Crippen LogP) is 4.16. The highest BCUT2D eigenvalue weighted by molar-refractivity contribution is 6.31. The number of unbranched alkanes of at least 4 members (excludes halogenated alkanes) is 1. The van der Waals surface area contributed by atoms with Crippen LogP contribution in [0.1, 0.15) is 154 Å². The second-order valence-electron chi connectivity index (χ2n) is 25.7. The van der Waals surface area contributed by atoms with Crippen LogP contribution in [0.3, 0.4) is 0 Å². The first-order valence-corrected chi connectivity index (χ1v) is 31.9. The number of carbonyl (C=O) groups is 11. The normalized spacial score (nSPS) is 26.0. The summed E-state index contributed by atoms with van der Waals surface area (Å²) >= 11 is 6.41. The fourth-order valence-corrected chi connectivity index (χ4v) is 11.2. The second kappa shape index (κ2) is 34.2. The molecule has 4 aliphatic rings. The Labute approximate surface area is 541 Å². The van der Waals surface area contributed by atoms with Crippen molar-refractivity contribution in [3.63, 3.8) is 0 Å². The Hall–Kier alpha value is -7.00. The number of aliphatic hydroxyl groups is 3. The molecule has 7 N–H and O–H groups in total. The topological polar surface area (TPSA) is 359 Å². The quantitative estimate of drug-likeness (QED) is 0.0272. The highest BCUT2D eigenvalue weighted by atomic mass is 35.5. The predicted molar refractivity (Wildman–Crippen MR) is 330 cm³/mol. The van der Waals surface area contributed by atoms with Gasteiger partial charge in [-0.1, -0.05) is 95.1 Å². The number of hydroxylamine groups is 2. The molecule has 0 spiro atoms. The molecule has 92 heavy (non-hydrogen) atoms. The number of halogens is 1. The van der Waals surface area contributed by atoms with E-state index in [4.69, 9.17) is 40.1 Å². The van der Waals surface area contributed by atoms with Gasteiger partial charge >= 0.3 is 17.9 Å². The molecule has 25 nitrogen and oxygen atoms in total. The second-order valence-corrected chi connectivity index (χ2v) is 26.1. The summed E-state index contributed by atoms with van der Waals surface area (Å²) in [6.45, 7) is 14.0. The summed E-state index contributed by atoms with van der Waals surface area (Å²) in [7, 11) is 1.20. The Morgan fingerprint density at radius 1 is 0.826 bits per heavy atom. The molecule has 0 bridgehead atoms. The van der Waals surface area contributed by atoms with Gasteiger partial charge in [-0.15, -0.1) is 5.06 Å². The van der Waals surface area contributed by atoms with Gasteiger partial charge in [0, 0.05) is 88.4 Å². The van der Waals surface area contributed by atoms with Gasteiger partial charge in [-0.2, -0.15) is 0 Å². The third-order valence-electron chi connectivity index (χ3n) is 16.8. The van der Waals surface area contributed by atoms with E-state index < -0.39 is 150 Å². The van der Waals surface area contributed by atoms with Crippen molar-refractivity contribution in [1.82, 2.24) is 26.3 Å². The molecule has 3 fully saturated rings. The number of ketones is 2. The van der Waals surface area contributed by atoms with Gasteiger partial charge in [0.25, 0.3) is 17.7 Å². The first-order chi connectivity index (χ1) is 43.5. The van der Waals surface area contributed by atoms with Crippen molar-refractivity contribution >= 4 is 76.5 Å². The molecule has 0 aliphatic carbocycles.